The maximum Gasteiger partial charge on any atom is 0.263 e. The van der Waals surface area contributed by atoms with Crippen molar-refractivity contribution in [1.82, 2.24) is 15.3 Å². The van der Waals surface area contributed by atoms with Gasteiger partial charge in [0, 0.05) is 41.7 Å². The molecule has 1 amide bonds. The number of nitrogens with two attached hydrogens (primary N) is 1. The van der Waals surface area contributed by atoms with E-state index in [1.807, 2.05) is 0 Å². The Bertz CT molecular complexity index is 626. The van der Waals surface area contributed by atoms with E-state index in [0.717, 1.165) is 0 Å². The summed E-state index contributed by atoms with van der Waals surface area (Å²) in [6, 6.07) is 0. The summed E-state index contributed by atoms with van der Waals surface area (Å²) in [6.45, 7) is 0.479. The topological polar surface area (TPSA) is 98.0 Å². The Balaban J connectivity index is 2.05. The third kappa shape index (κ3) is 3.27. The number of carbonyl (C=O) groups excluding carboxylic acids is 1. The Labute approximate surface area is 116 Å². The van der Waals surface area contributed by atoms with Crippen molar-refractivity contribution in [2.75, 3.05) is 24.3 Å². The Morgan fingerprint density at radius 1 is 1.47 bits per heavy atom. The number of anilines is 1. The Morgan fingerprint density at radius 2 is 2.21 bits per heavy atom. The third-order valence-corrected chi connectivity index (χ3v) is 4.43. The highest BCUT2D eigenvalue weighted by Crippen LogP contribution is 2.30. The van der Waals surface area contributed by atoms with Gasteiger partial charge in [-0.15, -0.1) is 11.3 Å². The molecule has 102 valence electrons. The van der Waals surface area contributed by atoms with Crippen molar-refractivity contribution in [3.63, 3.8) is 0 Å². The summed E-state index contributed by atoms with van der Waals surface area (Å²) < 4.78 is 10.9. The number of amides is 1. The molecule has 0 radical (unpaired) electrons. The lowest BCUT2D eigenvalue weighted by Gasteiger charge is -2.03. The fourth-order valence-electron chi connectivity index (χ4n) is 1.57. The highest BCUT2D eigenvalue weighted by Gasteiger charge is 2.17. The molecule has 0 fully saturated rings. The van der Waals surface area contributed by atoms with E-state index >= 15 is 0 Å². The van der Waals surface area contributed by atoms with Crippen LogP contribution < -0.4 is 11.1 Å². The molecule has 0 aliphatic heterocycles. The molecule has 0 aliphatic rings. The van der Waals surface area contributed by atoms with Gasteiger partial charge in [-0.05, 0) is 6.42 Å². The number of nitrogen functional groups attached to an aromatic ring is 1. The first-order valence-electron chi connectivity index (χ1n) is 5.67. The first-order chi connectivity index (χ1) is 9.09. The predicted octanol–water partition coefficient (Wildman–Crippen LogP) is 0.772. The molecule has 2 aromatic rings. The fourth-order valence-corrected chi connectivity index (χ4v) is 3.06. The summed E-state index contributed by atoms with van der Waals surface area (Å²) in [5.74, 6) is 0.342. The summed E-state index contributed by atoms with van der Waals surface area (Å²) in [4.78, 5) is 21.3. The van der Waals surface area contributed by atoms with E-state index in [-0.39, 0.29) is 5.91 Å². The molecule has 0 spiro atoms. The van der Waals surface area contributed by atoms with Crippen molar-refractivity contribution in [2.24, 2.45) is 0 Å². The SMILES string of the molecule is CS(=O)CCCNC(=O)c1sc2nccnc2c1N. The molecule has 8 heteroatoms. The summed E-state index contributed by atoms with van der Waals surface area (Å²) in [6.07, 6.45) is 5.43. The monoisotopic (exact) mass is 298 g/mol. The van der Waals surface area contributed by atoms with Gasteiger partial charge in [0.25, 0.3) is 5.91 Å². The largest absolute Gasteiger partial charge is 0.396 e. The van der Waals surface area contributed by atoms with Crippen LogP contribution in [0.25, 0.3) is 10.3 Å². The van der Waals surface area contributed by atoms with Gasteiger partial charge in [-0.25, -0.2) is 9.97 Å². The number of carbonyl (C=O) groups is 1. The van der Waals surface area contributed by atoms with E-state index in [1.165, 1.54) is 11.3 Å². The molecular weight excluding hydrogens is 284 g/mol. The summed E-state index contributed by atoms with van der Waals surface area (Å²) in [7, 11) is -0.835. The number of nitrogens with zero attached hydrogens (tertiary/aromatic N) is 2. The van der Waals surface area contributed by atoms with Crippen molar-refractivity contribution < 1.29 is 9.00 Å². The number of nitrogens with one attached hydrogen (secondary N) is 1. The maximum atomic E-state index is 12.0. The molecule has 0 aliphatic carbocycles. The van der Waals surface area contributed by atoms with Crippen molar-refractivity contribution in [3.05, 3.63) is 17.3 Å². The highest BCUT2D eigenvalue weighted by molar-refractivity contribution is 7.84. The van der Waals surface area contributed by atoms with Gasteiger partial charge < -0.3 is 11.1 Å². The Kier molecular flexibility index (Phi) is 4.43. The van der Waals surface area contributed by atoms with Gasteiger partial charge in [0.15, 0.2) is 0 Å². The van der Waals surface area contributed by atoms with Crippen molar-refractivity contribution in [3.8, 4) is 0 Å². The molecule has 2 rings (SSSR count). The van der Waals surface area contributed by atoms with E-state index in [4.69, 9.17) is 5.73 Å². The number of aromatic nitrogens is 2. The average Bonchev–Trinajstić information content (AvgIpc) is 2.72. The average molecular weight is 298 g/mol. The molecule has 1 unspecified atom stereocenters. The third-order valence-electron chi connectivity index (χ3n) is 2.46. The van der Waals surface area contributed by atoms with E-state index < -0.39 is 10.8 Å². The van der Waals surface area contributed by atoms with Crippen molar-refractivity contribution in [1.29, 1.82) is 0 Å². The number of hydrogen-bond donors (Lipinski definition) is 2. The van der Waals surface area contributed by atoms with Gasteiger partial charge >= 0.3 is 0 Å². The van der Waals surface area contributed by atoms with Gasteiger partial charge in [-0.3, -0.25) is 9.00 Å². The highest BCUT2D eigenvalue weighted by atomic mass is 32.2. The second-order valence-corrected chi connectivity index (χ2v) is 6.50. The number of rotatable bonds is 5. The van der Waals surface area contributed by atoms with Gasteiger partial charge in [-0.2, -0.15) is 0 Å². The second-order valence-electron chi connectivity index (χ2n) is 3.94. The normalized spacial score (nSPS) is 12.5. The van der Waals surface area contributed by atoms with Crippen molar-refractivity contribution in [2.45, 2.75) is 6.42 Å². The van der Waals surface area contributed by atoms with Crippen LogP contribution in [0.3, 0.4) is 0 Å². The standard InChI is InChI=1S/C11H14N4O2S2/c1-19(17)6-2-3-14-10(16)9-7(12)8-11(18-9)15-5-4-13-8/h4-5H,2-3,6,12H2,1H3,(H,14,16). The van der Waals surface area contributed by atoms with Crippen molar-refractivity contribution >= 4 is 44.1 Å². The molecule has 1 atom stereocenters. The zero-order valence-electron chi connectivity index (χ0n) is 10.4. The quantitative estimate of drug-likeness (QED) is 0.795. The fraction of sp³-hybridized carbons (Fsp3) is 0.364. The predicted molar refractivity (Wildman–Crippen MR) is 77.7 cm³/mol. The molecule has 19 heavy (non-hydrogen) atoms. The van der Waals surface area contributed by atoms with Crippen LogP contribution in [-0.4, -0.2) is 38.6 Å². The molecule has 0 saturated heterocycles. The van der Waals surface area contributed by atoms with Crippen LogP contribution >= 0.6 is 11.3 Å². The molecule has 2 aromatic heterocycles. The molecule has 3 N–H and O–H groups in total. The molecule has 0 saturated carbocycles. The van der Waals surface area contributed by atoms with Crippen LogP contribution in [0, 0.1) is 0 Å². The zero-order chi connectivity index (χ0) is 13.8. The Morgan fingerprint density at radius 3 is 2.89 bits per heavy atom. The zero-order valence-corrected chi connectivity index (χ0v) is 12.0. The lowest BCUT2D eigenvalue weighted by atomic mass is 10.3. The van der Waals surface area contributed by atoms with E-state index in [9.17, 15) is 9.00 Å². The summed E-state index contributed by atoms with van der Waals surface area (Å²) in [5.41, 5.74) is 6.82. The lowest BCUT2D eigenvalue weighted by molar-refractivity contribution is 0.0958. The van der Waals surface area contributed by atoms with E-state index in [2.05, 4.69) is 15.3 Å². The van der Waals surface area contributed by atoms with Crippen LogP contribution in [0.4, 0.5) is 5.69 Å². The van der Waals surface area contributed by atoms with Gasteiger partial charge in [0.1, 0.15) is 15.2 Å². The van der Waals surface area contributed by atoms with Crippen LogP contribution in [0.5, 0.6) is 0 Å². The maximum absolute atomic E-state index is 12.0. The van der Waals surface area contributed by atoms with E-state index in [1.54, 1.807) is 18.6 Å². The first-order valence-corrected chi connectivity index (χ1v) is 8.21. The smallest absolute Gasteiger partial charge is 0.263 e. The molecular formula is C11H14N4O2S2. The van der Waals surface area contributed by atoms with Crippen LogP contribution in [-0.2, 0) is 10.8 Å². The minimum atomic E-state index is -0.835. The Hall–Kier alpha value is -1.54. The lowest BCUT2D eigenvalue weighted by Crippen LogP contribution is -2.25. The summed E-state index contributed by atoms with van der Waals surface area (Å²) in [5, 5.41) is 2.76. The minimum absolute atomic E-state index is 0.232. The molecule has 0 aromatic carbocycles. The second kappa shape index (κ2) is 6.07. The van der Waals surface area contributed by atoms with Gasteiger partial charge in [0.05, 0.1) is 5.69 Å². The minimum Gasteiger partial charge on any atom is -0.396 e. The van der Waals surface area contributed by atoms with Crippen LogP contribution in [0.15, 0.2) is 12.4 Å². The number of hydrogen-bond acceptors (Lipinski definition) is 6. The molecule has 6 nitrogen and oxygen atoms in total. The molecule has 2 heterocycles. The van der Waals surface area contributed by atoms with Gasteiger partial charge in [0.2, 0.25) is 0 Å². The van der Waals surface area contributed by atoms with Crippen LogP contribution in [0.1, 0.15) is 16.1 Å². The van der Waals surface area contributed by atoms with Gasteiger partial charge in [-0.1, -0.05) is 0 Å². The molecule has 0 bridgehead atoms. The van der Waals surface area contributed by atoms with Crippen LogP contribution in [0.2, 0.25) is 0 Å². The first kappa shape index (κ1) is 13.9. The summed E-state index contributed by atoms with van der Waals surface area (Å²) >= 11 is 1.23. The number of thiophene rings is 1. The van der Waals surface area contributed by atoms with E-state index in [0.29, 0.717) is 39.6 Å². The number of fused-ring (bicyclic) bond motifs is 1.